The number of nitrogens with zero attached hydrogens (tertiary/aromatic N) is 2. The van der Waals surface area contributed by atoms with Crippen LogP contribution in [-0.4, -0.2) is 0 Å². The van der Waals surface area contributed by atoms with E-state index in [0.29, 0.717) is 5.41 Å². The van der Waals surface area contributed by atoms with Gasteiger partial charge >= 0.3 is 0 Å². The lowest BCUT2D eigenvalue weighted by molar-refractivity contribution is -0.00518. The molecule has 0 saturated heterocycles. The highest BCUT2D eigenvalue weighted by Crippen LogP contribution is 2.61. The molecule has 0 amide bonds. The first-order valence-corrected chi connectivity index (χ1v) is 25.2. The van der Waals surface area contributed by atoms with Crippen LogP contribution in [0, 0.1) is 17.8 Å². The first-order valence-electron chi connectivity index (χ1n) is 25.2. The molecule has 0 heterocycles. The number of aryl methyl sites for hydroxylation is 4. The molecular formula is C65H60N2. The quantitative estimate of drug-likeness (QED) is 0.150. The smallest absolute Gasteiger partial charge is 0.0496 e. The summed E-state index contributed by atoms with van der Waals surface area (Å²) >= 11 is 0. The molecule has 2 heteroatoms. The van der Waals surface area contributed by atoms with Crippen LogP contribution in [0.5, 0.6) is 0 Å². The fourth-order valence-electron chi connectivity index (χ4n) is 14.0. The molecule has 4 saturated carbocycles. The SMILES string of the molecule is CC1(C)c2cc(-c3ccccc3)ccc2-c2ccc(N(c3ccc(C45CC6CC(CC(C6)C4)C5)cc3)c3cc4ccc3CCc3ccc(c(N(c5ccccc5)c5ccccc5)c3)CC4)cc21. The van der Waals surface area contributed by atoms with Gasteiger partial charge in [0.05, 0.1) is 0 Å². The molecule has 67 heavy (non-hydrogen) atoms. The molecule has 8 aromatic rings. The first kappa shape index (κ1) is 40.6. The van der Waals surface area contributed by atoms with E-state index in [9.17, 15) is 0 Å². The highest BCUT2D eigenvalue weighted by Gasteiger charge is 2.51. The van der Waals surface area contributed by atoms with E-state index < -0.39 is 0 Å². The van der Waals surface area contributed by atoms with Gasteiger partial charge in [0.25, 0.3) is 0 Å². The van der Waals surface area contributed by atoms with Gasteiger partial charge in [0, 0.05) is 39.5 Å². The first-order chi connectivity index (χ1) is 32.8. The van der Waals surface area contributed by atoms with Crippen LogP contribution in [0.1, 0.15) is 91.3 Å². The summed E-state index contributed by atoms with van der Waals surface area (Å²) in [6.07, 6.45) is 12.4. The van der Waals surface area contributed by atoms with E-state index in [1.54, 1.807) is 5.56 Å². The molecule has 0 aromatic heterocycles. The molecule has 9 aliphatic rings. The largest absolute Gasteiger partial charge is 0.310 e. The van der Waals surface area contributed by atoms with Crippen molar-refractivity contribution in [1.82, 2.24) is 0 Å². The maximum absolute atomic E-state index is 2.63. The van der Waals surface area contributed by atoms with Crippen molar-refractivity contribution in [2.45, 2.75) is 88.9 Å². The summed E-state index contributed by atoms with van der Waals surface area (Å²) < 4.78 is 0. The molecule has 0 radical (unpaired) electrons. The van der Waals surface area contributed by atoms with Gasteiger partial charge in [-0.1, -0.05) is 135 Å². The second-order valence-electron chi connectivity index (χ2n) is 21.5. The van der Waals surface area contributed by atoms with Crippen molar-refractivity contribution in [2.24, 2.45) is 17.8 Å². The van der Waals surface area contributed by atoms with E-state index in [1.807, 2.05) is 0 Å². The van der Waals surface area contributed by atoms with Gasteiger partial charge in [-0.15, -0.1) is 0 Å². The van der Waals surface area contributed by atoms with Gasteiger partial charge in [-0.3, -0.25) is 0 Å². The van der Waals surface area contributed by atoms with Crippen molar-refractivity contribution >= 4 is 34.1 Å². The third-order valence-electron chi connectivity index (χ3n) is 17.0. The Morgan fingerprint density at radius 2 is 0.851 bits per heavy atom. The van der Waals surface area contributed by atoms with Crippen LogP contribution in [-0.2, 0) is 36.5 Å². The number of rotatable bonds is 8. The molecule has 8 aromatic carbocycles. The summed E-state index contributed by atoms with van der Waals surface area (Å²) in [5, 5.41) is 0. The van der Waals surface area contributed by atoms with E-state index in [-0.39, 0.29) is 5.41 Å². The Morgan fingerprint density at radius 1 is 0.388 bits per heavy atom. The highest BCUT2D eigenvalue weighted by molar-refractivity contribution is 5.88. The molecular weight excluding hydrogens is 809 g/mol. The Bertz CT molecular complexity index is 3050. The number of hydrogen-bond donors (Lipinski definition) is 0. The summed E-state index contributed by atoms with van der Waals surface area (Å²) in [5.74, 6) is 2.78. The van der Waals surface area contributed by atoms with E-state index in [2.05, 4.69) is 212 Å². The number of anilines is 6. The minimum atomic E-state index is -0.155. The standard InChI is InChI=1S/C65H60N2/c1-64(2)60-39-52(49-12-6-3-7-13-49)26-32-58(60)59-33-31-57(40-61(59)64)67(56-29-27-53(28-30-56)65-41-46-34-47(42-65)36-48(35-46)43-65)63-38-45-19-23-50-22-18-44(20-24-51(63)25-21-45)37-62(50)66(54-14-8-4-9-15-54)55-16-10-5-11-17-55/h3-18,21-22,25-33,37-40,46-48H,19-20,23-24,34-36,41-43H2,1-2H3. The third-order valence-corrected chi connectivity index (χ3v) is 17.0. The number of fused-ring (bicyclic) bond motifs is 3. The predicted octanol–water partition coefficient (Wildman–Crippen LogP) is 17.0. The highest BCUT2D eigenvalue weighted by atomic mass is 15.2. The fourth-order valence-corrected chi connectivity index (χ4v) is 14.0. The molecule has 330 valence electrons. The van der Waals surface area contributed by atoms with Gasteiger partial charge in [0.15, 0.2) is 0 Å². The summed E-state index contributed by atoms with van der Waals surface area (Å²) in [6.45, 7) is 4.86. The maximum Gasteiger partial charge on any atom is 0.0496 e. The Kier molecular flexibility index (Phi) is 9.71. The van der Waals surface area contributed by atoms with Gasteiger partial charge < -0.3 is 9.80 Å². The monoisotopic (exact) mass is 868 g/mol. The molecule has 17 rings (SSSR count). The lowest BCUT2D eigenvalue weighted by atomic mass is 9.48. The van der Waals surface area contributed by atoms with Crippen LogP contribution in [0.3, 0.4) is 0 Å². The molecule has 8 bridgehead atoms. The average Bonchev–Trinajstić information content (AvgIpc) is 3.58. The van der Waals surface area contributed by atoms with E-state index >= 15 is 0 Å². The molecule has 0 atom stereocenters. The van der Waals surface area contributed by atoms with Crippen LogP contribution in [0.2, 0.25) is 0 Å². The summed E-state index contributed by atoms with van der Waals surface area (Å²) in [6, 6.07) is 71.9. The molecule has 2 nitrogen and oxygen atoms in total. The van der Waals surface area contributed by atoms with Crippen LogP contribution < -0.4 is 9.80 Å². The van der Waals surface area contributed by atoms with Gasteiger partial charge in [-0.2, -0.15) is 0 Å². The third kappa shape index (κ3) is 7.06. The Balaban J connectivity index is 0.908. The van der Waals surface area contributed by atoms with E-state index in [1.165, 1.54) is 128 Å². The van der Waals surface area contributed by atoms with Crippen molar-refractivity contribution in [3.8, 4) is 22.3 Å². The van der Waals surface area contributed by atoms with Crippen LogP contribution in [0.25, 0.3) is 22.3 Å². The molecule has 4 fully saturated rings. The Hall–Kier alpha value is -6.64. The van der Waals surface area contributed by atoms with Crippen molar-refractivity contribution < 1.29 is 0 Å². The van der Waals surface area contributed by atoms with Crippen LogP contribution in [0.4, 0.5) is 34.1 Å². The Morgan fingerprint density at radius 3 is 1.40 bits per heavy atom. The average molecular weight is 869 g/mol. The van der Waals surface area contributed by atoms with Gasteiger partial charge in [-0.25, -0.2) is 0 Å². The van der Waals surface area contributed by atoms with Gasteiger partial charge in [-0.05, 0) is 215 Å². The van der Waals surface area contributed by atoms with Crippen LogP contribution >= 0.6 is 0 Å². The Labute approximate surface area is 398 Å². The molecule has 0 unspecified atom stereocenters. The maximum atomic E-state index is 2.63. The van der Waals surface area contributed by atoms with Crippen molar-refractivity contribution in [1.29, 1.82) is 0 Å². The fraction of sp³-hybridized carbons (Fsp3) is 0.262. The topological polar surface area (TPSA) is 6.48 Å². The number of para-hydroxylation sites is 2. The summed E-state index contributed by atoms with van der Waals surface area (Å²) in [5.41, 5.74) is 22.8. The second kappa shape index (κ2) is 16.0. The molecule has 9 aliphatic carbocycles. The zero-order chi connectivity index (χ0) is 44.7. The summed E-state index contributed by atoms with van der Waals surface area (Å²) in [4.78, 5) is 5.09. The van der Waals surface area contributed by atoms with Gasteiger partial charge in [0.1, 0.15) is 0 Å². The molecule has 0 spiro atoms. The van der Waals surface area contributed by atoms with Gasteiger partial charge in [0.2, 0.25) is 0 Å². The number of hydrogen-bond acceptors (Lipinski definition) is 2. The second-order valence-corrected chi connectivity index (χ2v) is 21.5. The minimum absolute atomic E-state index is 0.155. The lowest BCUT2D eigenvalue weighted by Crippen LogP contribution is -2.48. The van der Waals surface area contributed by atoms with Crippen LogP contribution in [0.15, 0.2) is 188 Å². The lowest BCUT2D eigenvalue weighted by Gasteiger charge is -2.57. The predicted molar refractivity (Wildman–Crippen MR) is 280 cm³/mol. The zero-order valence-corrected chi connectivity index (χ0v) is 39.1. The normalized spacial score (nSPS) is 21.6. The summed E-state index contributed by atoms with van der Waals surface area (Å²) in [7, 11) is 0. The van der Waals surface area contributed by atoms with Crippen molar-refractivity contribution in [3.05, 3.63) is 227 Å². The van der Waals surface area contributed by atoms with E-state index in [4.69, 9.17) is 0 Å². The van der Waals surface area contributed by atoms with E-state index in [0.717, 1.165) is 43.4 Å². The minimum Gasteiger partial charge on any atom is -0.310 e. The molecule has 0 aliphatic heterocycles. The van der Waals surface area contributed by atoms with Crippen molar-refractivity contribution in [2.75, 3.05) is 9.80 Å². The molecule has 0 N–H and O–H groups in total. The zero-order valence-electron chi connectivity index (χ0n) is 39.1. The van der Waals surface area contributed by atoms with Crippen molar-refractivity contribution in [3.63, 3.8) is 0 Å². The number of benzene rings is 8.